The molecule has 0 aliphatic rings. The van der Waals surface area contributed by atoms with E-state index in [0.29, 0.717) is 14.2 Å². The van der Waals surface area contributed by atoms with E-state index in [0.717, 1.165) is 0 Å². The SMILES string of the molecule is COP(=O)([O-])C(O)P(=O)([O-])[O-].COP(=O)([O-])C(O)P(=O)([O-])[O-].[Ba+2].[Ba+2].[Ba+2]. The van der Waals surface area contributed by atoms with Crippen molar-refractivity contribution in [3.8, 4) is 0 Å². The van der Waals surface area contributed by atoms with Gasteiger partial charge in [0.2, 0.25) is 0 Å². The van der Waals surface area contributed by atoms with Gasteiger partial charge in [0.05, 0.1) is 0 Å². The Labute approximate surface area is 263 Å². The van der Waals surface area contributed by atoms with Crippen molar-refractivity contribution < 1.29 is 66.9 Å². The zero-order valence-electron chi connectivity index (χ0n) is 12.9. The van der Waals surface area contributed by atoms with Gasteiger partial charge in [0.1, 0.15) is 11.2 Å². The monoisotopic (exact) mass is 820 g/mol. The van der Waals surface area contributed by atoms with Crippen LogP contribution in [0.2, 0.25) is 0 Å². The van der Waals surface area contributed by atoms with Gasteiger partial charge in [0.15, 0.2) is 15.2 Å². The Morgan fingerprint density at radius 1 is 0.640 bits per heavy atom. The molecule has 0 aromatic carbocycles. The number of hydrogen-bond acceptors (Lipinski definition) is 14. The van der Waals surface area contributed by atoms with Gasteiger partial charge in [-0.3, -0.25) is 0 Å². The van der Waals surface area contributed by atoms with Gasteiger partial charge in [-0.25, -0.2) is 0 Å². The van der Waals surface area contributed by atoms with Crippen LogP contribution < -0.4 is 29.4 Å². The molecule has 0 rings (SSSR count). The second kappa shape index (κ2) is 16.8. The Bertz CT molecular complexity index is 494. The minimum absolute atomic E-state index is 0. The van der Waals surface area contributed by atoms with E-state index in [9.17, 15) is 47.6 Å². The van der Waals surface area contributed by atoms with Crippen LogP contribution in [0.15, 0.2) is 0 Å². The van der Waals surface area contributed by atoms with E-state index < -0.39 is 41.6 Å². The molecule has 0 amide bonds. The molecule has 0 spiro atoms. The predicted octanol–water partition coefficient (Wildman–Crippen LogP) is -6.39. The molecular formula is C4H10Ba3O14P4. The standard InChI is InChI=1S/2C2H8O7P2.3Ba/c2*1-9-11(7,8)2(3)10(4,5)6;;;/h2*2-3H,1H3,(H,7,8)(H2,4,5,6);;;/q;;3*+2/p-6. The maximum Gasteiger partial charge on any atom is 2.00 e. The molecule has 0 saturated carbocycles. The molecule has 0 aromatic rings. The van der Waals surface area contributed by atoms with Gasteiger partial charge < -0.3 is 66.9 Å². The second-order valence-corrected chi connectivity index (χ2v) is 11.0. The second-order valence-electron chi connectivity index (χ2n) is 3.22. The van der Waals surface area contributed by atoms with E-state index >= 15 is 0 Å². The van der Waals surface area contributed by atoms with E-state index in [1.165, 1.54) is 0 Å². The molecule has 0 radical (unpaired) electrons. The molecule has 4 unspecified atom stereocenters. The van der Waals surface area contributed by atoms with Crippen LogP contribution in [0.1, 0.15) is 0 Å². The molecule has 0 heterocycles. The first kappa shape index (κ1) is 40.6. The molecule has 14 nitrogen and oxygen atoms in total. The number of aliphatic hydroxyl groups is 2. The summed E-state index contributed by atoms with van der Waals surface area (Å²) in [5, 5.41) is 16.6. The first-order valence-electron chi connectivity index (χ1n) is 4.56. The Kier molecular flexibility index (Phi) is 27.3. The summed E-state index contributed by atoms with van der Waals surface area (Å²) in [4.78, 5) is 60.3. The molecule has 4 atom stereocenters. The number of rotatable bonds is 6. The van der Waals surface area contributed by atoms with Gasteiger partial charge in [0, 0.05) is 14.2 Å². The third-order valence-corrected chi connectivity index (χ3v) is 8.32. The third-order valence-electron chi connectivity index (χ3n) is 1.64. The molecule has 0 aliphatic heterocycles. The average Bonchev–Trinajstić information content (AvgIpc) is 2.35. The van der Waals surface area contributed by atoms with Crippen molar-refractivity contribution in [3.05, 3.63) is 0 Å². The topological polar surface area (TPSA) is 266 Å². The minimum Gasteiger partial charge on any atom is -0.809 e. The van der Waals surface area contributed by atoms with Crippen molar-refractivity contribution >= 4 is 177 Å². The number of aliphatic hydroxyl groups excluding tert-OH is 2. The van der Waals surface area contributed by atoms with Gasteiger partial charge >= 0.3 is 147 Å². The fourth-order valence-corrected chi connectivity index (χ4v) is 4.25. The van der Waals surface area contributed by atoms with Gasteiger partial charge in [-0.2, -0.15) is 0 Å². The molecule has 0 aromatic heterocycles. The Morgan fingerprint density at radius 3 is 0.840 bits per heavy atom. The molecule has 0 saturated heterocycles. The molecular weight excluding hydrogens is 808 g/mol. The third kappa shape index (κ3) is 17.5. The zero-order chi connectivity index (χ0) is 18.6. The summed E-state index contributed by atoms with van der Waals surface area (Å²) in [5.41, 5.74) is -6.00. The van der Waals surface area contributed by atoms with Crippen molar-refractivity contribution in [3.63, 3.8) is 0 Å². The maximum absolute atomic E-state index is 10.3. The van der Waals surface area contributed by atoms with Gasteiger partial charge in [-0.15, -0.1) is 0 Å². The fourth-order valence-electron chi connectivity index (χ4n) is 0.535. The number of hydrogen-bond donors (Lipinski definition) is 2. The summed E-state index contributed by atoms with van der Waals surface area (Å²) in [6, 6.07) is 0. The maximum atomic E-state index is 10.3. The van der Waals surface area contributed by atoms with Gasteiger partial charge in [-0.1, -0.05) is 0 Å². The van der Waals surface area contributed by atoms with Crippen LogP contribution in [0, 0.1) is 0 Å². The smallest absolute Gasteiger partial charge is 0.809 e. The largest absolute Gasteiger partial charge is 2.00 e. The summed E-state index contributed by atoms with van der Waals surface area (Å²) >= 11 is 0. The van der Waals surface area contributed by atoms with Crippen LogP contribution in [-0.2, 0) is 27.3 Å². The van der Waals surface area contributed by atoms with E-state index in [4.69, 9.17) is 10.2 Å². The molecule has 0 fully saturated rings. The Balaban J connectivity index is -0.0000000952. The summed E-state index contributed by atoms with van der Waals surface area (Å²) in [7, 11) is -19.7. The van der Waals surface area contributed by atoms with Crippen molar-refractivity contribution in [2.24, 2.45) is 0 Å². The molecule has 21 heteroatoms. The van der Waals surface area contributed by atoms with Crippen molar-refractivity contribution in [2.45, 2.75) is 11.2 Å². The molecule has 136 valence electrons. The first-order chi connectivity index (χ1) is 9.43. The fraction of sp³-hybridized carbons (Fsp3) is 1.00. The van der Waals surface area contributed by atoms with E-state index in [2.05, 4.69) is 9.05 Å². The van der Waals surface area contributed by atoms with E-state index in [1.807, 2.05) is 0 Å². The molecule has 2 N–H and O–H groups in total. The molecule has 0 bridgehead atoms. The molecule has 0 aliphatic carbocycles. The van der Waals surface area contributed by atoms with Crippen molar-refractivity contribution in [1.29, 1.82) is 0 Å². The van der Waals surface area contributed by atoms with Crippen molar-refractivity contribution in [1.82, 2.24) is 0 Å². The van der Waals surface area contributed by atoms with Crippen LogP contribution in [0.4, 0.5) is 0 Å². The first-order valence-corrected chi connectivity index (χ1v) is 11.0. The average molecular weight is 818 g/mol. The summed E-state index contributed by atoms with van der Waals surface area (Å²) in [6.07, 6.45) is 0. The van der Waals surface area contributed by atoms with Crippen LogP contribution in [0.3, 0.4) is 0 Å². The van der Waals surface area contributed by atoms with E-state index in [-0.39, 0.29) is 147 Å². The Hall–Kier alpha value is 5.23. The summed E-state index contributed by atoms with van der Waals surface area (Å²) < 4.78 is 47.7. The van der Waals surface area contributed by atoms with Crippen LogP contribution >= 0.6 is 30.4 Å². The van der Waals surface area contributed by atoms with Gasteiger partial charge in [0.25, 0.3) is 0 Å². The van der Waals surface area contributed by atoms with Crippen molar-refractivity contribution in [2.75, 3.05) is 14.2 Å². The van der Waals surface area contributed by atoms with Crippen LogP contribution in [0.5, 0.6) is 0 Å². The van der Waals surface area contributed by atoms with Gasteiger partial charge in [-0.05, 0) is 15.2 Å². The normalized spacial score (nSPS) is 18.3. The van der Waals surface area contributed by atoms with Crippen LogP contribution in [-0.4, -0.2) is 182 Å². The molecule has 25 heavy (non-hydrogen) atoms. The quantitative estimate of drug-likeness (QED) is 0.187. The Morgan fingerprint density at radius 2 is 0.800 bits per heavy atom. The zero-order valence-corrected chi connectivity index (χ0v) is 29.8. The minimum atomic E-state index is -5.54. The summed E-state index contributed by atoms with van der Waals surface area (Å²) in [5.74, 6) is 0. The van der Waals surface area contributed by atoms with Crippen LogP contribution in [0.25, 0.3) is 0 Å². The van der Waals surface area contributed by atoms with E-state index in [1.54, 1.807) is 0 Å². The summed E-state index contributed by atoms with van der Waals surface area (Å²) in [6.45, 7) is 0. The predicted molar refractivity (Wildman–Crippen MR) is 73.7 cm³/mol.